The van der Waals surface area contributed by atoms with Gasteiger partial charge in [-0.3, -0.25) is 9.59 Å². The van der Waals surface area contributed by atoms with Crippen LogP contribution >= 0.6 is 0 Å². The van der Waals surface area contributed by atoms with E-state index in [0.29, 0.717) is 24.2 Å². The summed E-state index contributed by atoms with van der Waals surface area (Å²) in [5.41, 5.74) is 0.299. The minimum Gasteiger partial charge on any atom is -0.481 e. The van der Waals surface area contributed by atoms with Crippen molar-refractivity contribution in [2.75, 3.05) is 0 Å². The first-order chi connectivity index (χ1) is 8.78. The maximum atomic E-state index is 12.3. The Bertz CT molecular complexity index is 378. The number of carboxylic acids is 1. The zero-order chi connectivity index (χ0) is 14.2. The van der Waals surface area contributed by atoms with Gasteiger partial charge in [-0.1, -0.05) is 20.8 Å². The molecule has 2 saturated carbocycles. The van der Waals surface area contributed by atoms with E-state index < -0.39 is 11.9 Å². The lowest BCUT2D eigenvalue weighted by Crippen LogP contribution is -2.40. The number of carbonyl (C=O) groups is 2. The maximum Gasteiger partial charge on any atom is 0.307 e. The minimum absolute atomic E-state index is 0.0422. The molecule has 1 amide bonds. The van der Waals surface area contributed by atoms with Crippen molar-refractivity contribution in [1.29, 1.82) is 0 Å². The van der Waals surface area contributed by atoms with Crippen molar-refractivity contribution in [2.45, 2.75) is 58.9 Å². The van der Waals surface area contributed by atoms with Gasteiger partial charge in [0.25, 0.3) is 0 Å². The Morgan fingerprint density at radius 3 is 2.37 bits per heavy atom. The van der Waals surface area contributed by atoms with Crippen LogP contribution < -0.4 is 5.32 Å². The molecule has 0 saturated heterocycles. The van der Waals surface area contributed by atoms with Gasteiger partial charge in [0.15, 0.2) is 0 Å². The molecule has 19 heavy (non-hydrogen) atoms. The number of hydrogen-bond acceptors (Lipinski definition) is 2. The average molecular weight is 267 g/mol. The summed E-state index contributed by atoms with van der Waals surface area (Å²) in [5.74, 6) is -1.37. The fourth-order valence-corrected chi connectivity index (χ4v) is 3.72. The number of carbonyl (C=O) groups excluding carboxylic acids is 1. The van der Waals surface area contributed by atoms with E-state index in [9.17, 15) is 14.7 Å². The molecule has 2 aliphatic rings. The van der Waals surface area contributed by atoms with Crippen molar-refractivity contribution in [3.63, 3.8) is 0 Å². The molecule has 2 rings (SSSR count). The molecule has 0 heterocycles. The van der Waals surface area contributed by atoms with Gasteiger partial charge in [0.05, 0.1) is 11.8 Å². The van der Waals surface area contributed by atoms with Gasteiger partial charge in [-0.25, -0.2) is 0 Å². The Kier molecular flexibility index (Phi) is 3.88. The van der Waals surface area contributed by atoms with E-state index in [4.69, 9.17) is 0 Å². The van der Waals surface area contributed by atoms with Crippen LogP contribution in [0.5, 0.6) is 0 Å². The van der Waals surface area contributed by atoms with Crippen molar-refractivity contribution in [3.05, 3.63) is 0 Å². The third kappa shape index (κ3) is 3.28. The van der Waals surface area contributed by atoms with E-state index in [1.807, 2.05) is 6.92 Å². The van der Waals surface area contributed by atoms with Crippen LogP contribution in [0.1, 0.15) is 52.9 Å². The second-order valence-corrected chi connectivity index (χ2v) is 7.24. The number of carboxylic acid groups (broad SMARTS) is 1. The van der Waals surface area contributed by atoms with Gasteiger partial charge in [0.1, 0.15) is 0 Å². The summed E-state index contributed by atoms with van der Waals surface area (Å²) < 4.78 is 0. The average Bonchev–Trinajstić information content (AvgIpc) is 2.82. The van der Waals surface area contributed by atoms with Crippen LogP contribution in [0, 0.1) is 23.2 Å². The Morgan fingerprint density at radius 2 is 1.84 bits per heavy atom. The summed E-state index contributed by atoms with van der Waals surface area (Å²) in [7, 11) is 0. The summed E-state index contributed by atoms with van der Waals surface area (Å²) >= 11 is 0. The lowest BCUT2D eigenvalue weighted by molar-refractivity contribution is -0.146. The van der Waals surface area contributed by atoms with E-state index in [1.165, 1.54) is 0 Å². The SMILES string of the molecule is CC1C[C@H](C(=O)NC2CCC(C)(C)C2)[C@H](C(=O)O)C1. The highest BCUT2D eigenvalue weighted by Crippen LogP contribution is 2.39. The van der Waals surface area contributed by atoms with Crippen LogP contribution in [0.3, 0.4) is 0 Å². The van der Waals surface area contributed by atoms with Gasteiger partial charge < -0.3 is 10.4 Å². The number of aliphatic carboxylic acids is 1. The number of rotatable bonds is 3. The molecular formula is C15H25NO3. The molecule has 108 valence electrons. The lowest BCUT2D eigenvalue weighted by Gasteiger charge is -2.21. The van der Waals surface area contributed by atoms with Crippen molar-refractivity contribution in [3.8, 4) is 0 Å². The molecule has 0 bridgehead atoms. The second kappa shape index (κ2) is 5.14. The third-order valence-corrected chi connectivity index (χ3v) is 4.77. The first kappa shape index (κ1) is 14.4. The van der Waals surface area contributed by atoms with Gasteiger partial charge >= 0.3 is 5.97 Å². The summed E-state index contributed by atoms with van der Waals surface area (Å²) in [6.45, 7) is 6.47. The molecule has 4 nitrogen and oxygen atoms in total. The van der Waals surface area contributed by atoms with Crippen LogP contribution in [0.2, 0.25) is 0 Å². The monoisotopic (exact) mass is 267 g/mol. The smallest absolute Gasteiger partial charge is 0.307 e. The van der Waals surface area contributed by atoms with Gasteiger partial charge in [0.2, 0.25) is 5.91 Å². The van der Waals surface area contributed by atoms with Gasteiger partial charge in [-0.2, -0.15) is 0 Å². The highest BCUT2D eigenvalue weighted by atomic mass is 16.4. The maximum absolute atomic E-state index is 12.3. The minimum atomic E-state index is -0.823. The Balaban J connectivity index is 1.94. The van der Waals surface area contributed by atoms with Crippen LogP contribution in [0.15, 0.2) is 0 Å². The summed E-state index contributed by atoms with van der Waals surface area (Å²) in [5, 5.41) is 12.3. The van der Waals surface area contributed by atoms with Crippen LogP contribution in [0.25, 0.3) is 0 Å². The van der Waals surface area contributed by atoms with Gasteiger partial charge in [-0.15, -0.1) is 0 Å². The highest BCUT2D eigenvalue weighted by molar-refractivity contribution is 5.85. The van der Waals surface area contributed by atoms with Crippen LogP contribution in [-0.4, -0.2) is 23.0 Å². The van der Waals surface area contributed by atoms with E-state index >= 15 is 0 Å². The molecule has 0 aromatic rings. The van der Waals surface area contributed by atoms with Crippen LogP contribution in [0.4, 0.5) is 0 Å². The standard InChI is InChI=1S/C15H25NO3/c1-9-6-11(12(7-9)14(18)19)13(17)16-10-4-5-15(2,3)8-10/h9-12H,4-8H2,1-3H3,(H,16,17)(H,18,19)/t9?,10?,11-,12+/m0/s1. The molecule has 4 atom stereocenters. The molecule has 2 unspecified atom stereocenters. The number of nitrogens with one attached hydrogen (secondary N) is 1. The molecule has 0 spiro atoms. The first-order valence-corrected chi connectivity index (χ1v) is 7.32. The molecule has 2 fully saturated rings. The highest BCUT2D eigenvalue weighted by Gasteiger charge is 2.42. The van der Waals surface area contributed by atoms with E-state index in [1.54, 1.807) is 0 Å². The van der Waals surface area contributed by atoms with Crippen molar-refractivity contribution < 1.29 is 14.7 Å². The van der Waals surface area contributed by atoms with Crippen molar-refractivity contribution in [1.82, 2.24) is 5.32 Å². The second-order valence-electron chi connectivity index (χ2n) is 7.24. The summed E-state index contributed by atoms with van der Waals surface area (Å²) in [4.78, 5) is 23.5. The fraction of sp³-hybridized carbons (Fsp3) is 0.867. The van der Waals surface area contributed by atoms with E-state index in [-0.39, 0.29) is 17.9 Å². The lowest BCUT2D eigenvalue weighted by atomic mass is 9.91. The van der Waals surface area contributed by atoms with Crippen molar-refractivity contribution >= 4 is 11.9 Å². The van der Waals surface area contributed by atoms with E-state index in [0.717, 1.165) is 19.3 Å². The van der Waals surface area contributed by atoms with Crippen molar-refractivity contribution in [2.24, 2.45) is 23.2 Å². The summed E-state index contributed by atoms with van der Waals surface area (Å²) in [6.07, 6.45) is 4.47. The predicted molar refractivity (Wildman–Crippen MR) is 72.6 cm³/mol. The topological polar surface area (TPSA) is 66.4 Å². The number of hydrogen-bond donors (Lipinski definition) is 2. The van der Waals surface area contributed by atoms with E-state index in [2.05, 4.69) is 19.2 Å². The third-order valence-electron chi connectivity index (χ3n) is 4.77. The molecule has 0 aromatic heterocycles. The van der Waals surface area contributed by atoms with Crippen LogP contribution in [-0.2, 0) is 9.59 Å². The summed E-state index contributed by atoms with van der Waals surface area (Å²) in [6, 6.07) is 0.229. The molecule has 0 aromatic carbocycles. The van der Waals surface area contributed by atoms with Gasteiger partial charge in [-0.05, 0) is 43.4 Å². The Hall–Kier alpha value is -1.06. The molecule has 0 aliphatic heterocycles. The number of amides is 1. The predicted octanol–water partition coefficient (Wildman–Crippen LogP) is 2.43. The quantitative estimate of drug-likeness (QED) is 0.825. The zero-order valence-electron chi connectivity index (χ0n) is 12.1. The molecular weight excluding hydrogens is 242 g/mol. The largest absolute Gasteiger partial charge is 0.481 e. The first-order valence-electron chi connectivity index (χ1n) is 7.32. The molecule has 2 N–H and O–H groups in total. The molecule has 4 heteroatoms. The fourth-order valence-electron chi connectivity index (χ4n) is 3.72. The molecule has 0 radical (unpaired) electrons. The molecule has 2 aliphatic carbocycles. The normalized spacial score (nSPS) is 37.2. The Labute approximate surface area is 115 Å². The van der Waals surface area contributed by atoms with Gasteiger partial charge in [0, 0.05) is 6.04 Å². The Morgan fingerprint density at radius 1 is 1.21 bits per heavy atom. The zero-order valence-corrected chi connectivity index (χ0v) is 12.1.